The molecule has 0 bridgehead atoms. The summed E-state index contributed by atoms with van der Waals surface area (Å²) in [5.74, 6) is 1.60. The van der Waals surface area contributed by atoms with Crippen LogP contribution in [0.3, 0.4) is 0 Å². The first-order valence-electron chi connectivity index (χ1n) is 7.27. The molecule has 1 aliphatic heterocycles. The standard InChI is InChI=1S/C13H19N3O.C2H6/c1-3-12(17)11-4-6-16(7-5-11)13-9-14-8-10(2)15-13;1-2/h8-9,11H,3-7H2,1-2H3;1-2H3. The van der Waals surface area contributed by atoms with Gasteiger partial charge in [-0.3, -0.25) is 9.78 Å². The monoisotopic (exact) mass is 263 g/mol. The number of Topliss-reactive ketones (excluding diaryl/α,β-unsaturated/α-hetero) is 1. The first-order chi connectivity index (χ1) is 9.20. The highest BCUT2D eigenvalue weighted by atomic mass is 16.1. The lowest BCUT2D eigenvalue weighted by Crippen LogP contribution is -2.36. The highest BCUT2D eigenvalue weighted by molar-refractivity contribution is 5.80. The molecule has 106 valence electrons. The van der Waals surface area contributed by atoms with Crippen LogP contribution in [0.5, 0.6) is 0 Å². The minimum absolute atomic E-state index is 0.258. The Morgan fingerprint density at radius 1 is 1.32 bits per heavy atom. The number of hydrogen-bond donors (Lipinski definition) is 0. The number of carbonyl (C=O) groups is 1. The Labute approximate surface area is 116 Å². The molecule has 1 aromatic heterocycles. The van der Waals surface area contributed by atoms with Crippen LogP contribution in [0.25, 0.3) is 0 Å². The van der Waals surface area contributed by atoms with Gasteiger partial charge in [0.15, 0.2) is 0 Å². The Balaban J connectivity index is 0.000000861. The summed E-state index contributed by atoms with van der Waals surface area (Å²) in [4.78, 5) is 22.5. The molecular weight excluding hydrogens is 238 g/mol. The molecule has 1 aliphatic rings. The minimum Gasteiger partial charge on any atom is -0.355 e. The van der Waals surface area contributed by atoms with E-state index in [1.807, 2.05) is 27.7 Å². The Bertz CT molecular complexity index is 398. The van der Waals surface area contributed by atoms with Gasteiger partial charge in [-0.15, -0.1) is 0 Å². The van der Waals surface area contributed by atoms with E-state index in [1.165, 1.54) is 0 Å². The number of nitrogens with zero attached hydrogens (tertiary/aromatic N) is 3. The van der Waals surface area contributed by atoms with Gasteiger partial charge in [-0.05, 0) is 19.8 Å². The first kappa shape index (κ1) is 15.6. The zero-order valence-corrected chi connectivity index (χ0v) is 12.5. The number of rotatable bonds is 3. The maximum atomic E-state index is 11.6. The SMILES string of the molecule is CC.CCC(=O)C1CCN(c2cncc(C)n2)CC1. The van der Waals surface area contributed by atoms with E-state index in [1.54, 1.807) is 12.4 Å². The van der Waals surface area contributed by atoms with Crippen LogP contribution in [0.4, 0.5) is 5.82 Å². The van der Waals surface area contributed by atoms with Gasteiger partial charge >= 0.3 is 0 Å². The molecule has 0 N–H and O–H groups in total. The molecule has 2 rings (SSSR count). The van der Waals surface area contributed by atoms with Gasteiger partial charge in [-0.2, -0.15) is 0 Å². The lowest BCUT2D eigenvalue weighted by molar-refractivity contribution is -0.123. The van der Waals surface area contributed by atoms with Crippen molar-refractivity contribution in [2.24, 2.45) is 5.92 Å². The average Bonchev–Trinajstić information content (AvgIpc) is 2.48. The Morgan fingerprint density at radius 2 is 1.95 bits per heavy atom. The van der Waals surface area contributed by atoms with Gasteiger partial charge in [0, 0.05) is 31.6 Å². The quantitative estimate of drug-likeness (QED) is 0.841. The lowest BCUT2D eigenvalue weighted by atomic mass is 9.91. The normalized spacial score (nSPS) is 15.7. The number of hydrogen-bond acceptors (Lipinski definition) is 4. The van der Waals surface area contributed by atoms with Crippen LogP contribution in [0, 0.1) is 12.8 Å². The summed E-state index contributed by atoms with van der Waals surface area (Å²) in [6.07, 6.45) is 6.12. The molecule has 0 spiro atoms. The smallest absolute Gasteiger partial charge is 0.147 e. The van der Waals surface area contributed by atoms with Crippen molar-refractivity contribution in [3.05, 3.63) is 18.1 Å². The van der Waals surface area contributed by atoms with Crippen molar-refractivity contribution >= 4 is 11.6 Å². The highest BCUT2D eigenvalue weighted by Gasteiger charge is 2.24. The molecule has 0 atom stereocenters. The topological polar surface area (TPSA) is 46.1 Å². The van der Waals surface area contributed by atoms with Gasteiger partial charge in [0.05, 0.1) is 11.9 Å². The summed E-state index contributed by atoms with van der Waals surface area (Å²) in [7, 11) is 0. The molecule has 4 heteroatoms. The summed E-state index contributed by atoms with van der Waals surface area (Å²) in [5, 5.41) is 0. The lowest BCUT2D eigenvalue weighted by Gasteiger charge is -2.31. The number of piperidine rings is 1. The molecule has 2 heterocycles. The van der Waals surface area contributed by atoms with Crippen molar-refractivity contribution in [3.8, 4) is 0 Å². The maximum Gasteiger partial charge on any atom is 0.147 e. The fourth-order valence-corrected chi connectivity index (χ4v) is 2.32. The zero-order valence-electron chi connectivity index (χ0n) is 12.5. The van der Waals surface area contributed by atoms with Crippen molar-refractivity contribution in [2.45, 2.75) is 47.0 Å². The Hall–Kier alpha value is -1.45. The van der Waals surface area contributed by atoms with E-state index in [0.717, 1.165) is 37.4 Å². The molecule has 0 saturated carbocycles. The molecule has 1 aromatic rings. The van der Waals surface area contributed by atoms with Crippen LogP contribution >= 0.6 is 0 Å². The zero-order chi connectivity index (χ0) is 14.3. The third-order valence-electron chi connectivity index (χ3n) is 3.37. The molecule has 0 unspecified atom stereocenters. The molecule has 0 aromatic carbocycles. The van der Waals surface area contributed by atoms with E-state index in [-0.39, 0.29) is 5.92 Å². The second kappa shape index (κ2) is 7.87. The van der Waals surface area contributed by atoms with E-state index in [2.05, 4.69) is 14.9 Å². The van der Waals surface area contributed by atoms with Gasteiger partial charge < -0.3 is 4.90 Å². The molecule has 0 radical (unpaired) electrons. The molecule has 4 nitrogen and oxygen atoms in total. The Morgan fingerprint density at radius 3 is 2.47 bits per heavy atom. The number of aromatic nitrogens is 2. The van der Waals surface area contributed by atoms with Crippen molar-refractivity contribution < 1.29 is 4.79 Å². The van der Waals surface area contributed by atoms with E-state index < -0.39 is 0 Å². The predicted octanol–water partition coefficient (Wildman–Crippen LogP) is 3.01. The van der Waals surface area contributed by atoms with Crippen LogP contribution < -0.4 is 4.90 Å². The summed E-state index contributed by atoms with van der Waals surface area (Å²) in [5.41, 5.74) is 0.939. The second-order valence-corrected chi connectivity index (χ2v) is 4.60. The van der Waals surface area contributed by atoms with E-state index >= 15 is 0 Å². The number of ketones is 1. The number of anilines is 1. The highest BCUT2D eigenvalue weighted by Crippen LogP contribution is 2.22. The summed E-state index contributed by atoms with van der Waals surface area (Å²) in [6, 6.07) is 0. The van der Waals surface area contributed by atoms with Crippen LogP contribution in [-0.2, 0) is 4.79 Å². The number of aryl methyl sites for hydroxylation is 1. The van der Waals surface area contributed by atoms with Gasteiger partial charge in [-0.1, -0.05) is 20.8 Å². The molecule has 19 heavy (non-hydrogen) atoms. The van der Waals surface area contributed by atoms with Gasteiger partial charge in [0.25, 0.3) is 0 Å². The van der Waals surface area contributed by atoms with Crippen LogP contribution in [0.1, 0.15) is 45.7 Å². The molecule has 1 fully saturated rings. The van der Waals surface area contributed by atoms with Crippen molar-refractivity contribution in [1.82, 2.24) is 9.97 Å². The summed E-state index contributed by atoms with van der Waals surface area (Å²) >= 11 is 0. The van der Waals surface area contributed by atoms with Crippen LogP contribution in [0.2, 0.25) is 0 Å². The molecular formula is C15H25N3O. The first-order valence-corrected chi connectivity index (χ1v) is 7.27. The minimum atomic E-state index is 0.258. The van der Waals surface area contributed by atoms with Crippen LogP contribution in [-0.4, -0.2) is 28.8 Å². The third kappa shape index (κ3) is 4.30. The van der Waals surface area contributed by atoms with Gasteiger partial charge in [0.1, 0.15) is 11.6 Å². The summed E-state index contributed by atoms with van der Waals surface area (Å²) < 4.78 is 0. The van der Waals surface area contributed by atoms with Gasteiger partial charge in [-0.25, -0.2) is 4.98 Å². The van der Waals surface area contributed by atoms with Crippen molar-refractivity contribution in [1.29, 1.82) is 0 Å². The molecule has 1 saturated heterocycles. The largest absolute Gasteiger partial charge is 0.355 e. The summed E-state index contributed by atoms with van der Waals surface area (Å²) in [6.45, 7) is 9.72. The van der Waals surface area contributed by atoms with E-state index in [9.17, 15) is 4.79 Å². The third-order valence-corrected chi connectivity index (χ3v) is 3.37. The van der Waals surface area contributed by atoms with Crippen molar-refractivity contribution in [3.63, 3.8) is 0 Å². The molecule has 0 amide bonds. The van der Waals surface area contributed by atoms with E-state index in [0.29, 0.717) is 12.2 Å². The predicted molar refractivity (Wildman–Crippen MR) is 78.4 cm³/mol. The van der Waals surface area contributed by atoms with Gasteiger partial charge in [0.2, 0.25) is 0 Å². The van der Waals surface area contributed by atoms with E-state index in [4.69, 9.17) is 0 Å². The second-order valence-electron chi connectivity index (χ2n) is 4.60. The maximum absolute atomic E-state index is 11.6. The van der Waals surface area contributed by atoms with Crippen LogP contribution in [0.15, 0.2) is 12.4 Å². The fourth-order valence-electron chi connectivity index (χ4n) is 2.32. The fraction of sp³-hybridized carbons (Fsp3) is 0.667. The Kier molecular flexibility index (Phi) is 6.46. The van der Waals surface area contributed by atoms with Crippen molar-refractivity contribution in [2.75, 3.05) is 18.0 Å². The number of carbonyl (C=O) groups excluding carboxylic acids is 1. The average molecular weight is 263 g/mol. The molecule has 0 aliphatic carbocycles.